The van der Waals surface area contributed by atoms with Gasteiger partial charge in [-0.2, -0.15) is 5.10 Å². The Labute approximate surface area is 114 Å². The number of amides is 1. The zero-order chi connectivity index (χ0) is 14.0. The molecule has 0 unspecified atom stereocenters. The number of aromatic nitrogens is 2. The van der Waals surface area contributed by atoms with Crippen molar-refractivity contribution in [2.24, 2.45) is 11.3 Å². The third-order valence-electron chi connectivity index (χ3n) is 4.18. The molecular weight excluding hydrogens is 240 g/mol. The zero-order valence-electron chi connectivity index (χ0n) is 12.0. The summed E-state index contributed by atoms with van der Waals surface area (Å²) in [5.74, 6) is 0.604. The van der Waals surface area contributed by atoms with Gasteiger partial charge in [-0.25, -0.2) is 0 Å². The lowest BCUT2D eigenvalue weighted by molar-refractivity contribution is 0.0900. The Morgan fingerprint density at radius 1 is 1.37 bits per heavy atom. The molecule has 106 valence electrons. The first-order valence-electron chi connectivity index (χ1n) is 6.97. The predicted molar refractivity (Wildman–Crippen MR) is 75.7 cm³/mol. The number of carbonyl (C=O) groups is 1. The standard InChI is InChI=1S/C14H24N4O/c1-14(2,3)9-4-6-10(7-5-9)17-13(19)12-11(15)8-16-18-12/h8-10H,4-7,15H2,1-3H3,(H,16,18)(H,17,19). The van der Waals surface area contributed by atoms with Crippen LogP contribution in [0.4, 0.5) is 5.69 Å². The summed E-state index contributed by atoms with van der Waals surface area (Å²) in [5.41, 5.74) is 6.81. The average molecular weight is 264 g/mol. The molecule has 4 N–H and O–H groups in total. The van der Waals surface area contributed by atoms with Crippen molar-refractivity contribution in [3.8, 4) is 0 Å². The highest BCUT2D eigenvalue weighted by atomic mass is 16.2. The van der Waals surface area contributed by atoms with E-state index in [9.17, 15) is 4.79 Å². The van der Waals surface area contributed by atoms with Crippen LogP contribution >= 0.6 is 0 Å². The second kappa shape index (κ2) is 5.23. The van der Waals surface area contributed by atoms with Gasteiger partial charge in [0.2, 0.25) is 0 Å². The Morgan fingerprint density at radius 3 is 2.47 bits per heavy atom. The molecule has 0 aliphatic heterocycles. The van der Waals surface area contributed by atoms with Crippen LogP contribution in [0.1, 0.15) is 56.9 Å². The molecule has 1 aromatic heterocycles. The van der Waals surface area contributed by atoms with Crippen LogP contribution in [-0.2, 0) is 0 Å². The minimum atomic E-state index is -0.144. The van der Waals surface area contributed by atoms with Gasteiger partial charge in [0.15, 0.2) is 0 Å². The molecule has 0 saturated heterocycles. The van der Waals surface area contributed by atoms with Gasteiger partial charge in [0.05, 0.1) is 11.9 Å². The number of nitrogens with zero attached hydrogens (tertiary/aromatic N) is 1. The number of nitrogen functional groups attached to an aromatic ring is 1. The fourth-order valence-corrected chi connectivity index (χ4v) is 2.84. The monoisotopic (exact) mass is 264 g/mol. The maximum absolute atomic E-state index is 12.0. The van der Waals surface area contributed by atoms with Crippen LogP contribution in [0.15, 0.2) is 6.20 Å². The lowest BCUT2D eigenvalue weighted by atomic mass is 9.71. The van der Waals surface area contributed by atoms with Gasteiger partial charge in [-0.15, -0.1) is 0 Å². The Bertz CT molecular complexity index is 439. The summed E-state index contributed by atoms with van der Waals surface area (Å²) in [5, 5.41) is 9.45. The van der Waals surface area contributed by atoms with Crippen molar-refractivity contribution in [2.75, 3.05) is 5.73 Å². The smallest absolute Gasteiger partial charge is 0.271 e. The highest BCUT2D eigenvalue weighted by Gasteiger charge is 2.30. The van der Waals surface area contributed by atoms with Crippen molar-refractivity contribution >= 4 is 11.6 Å². The van der Waals surface area contributed by atoms with Crippen LogP contribution in [0, 0.1) is 11.3 Å². The summed E-state index contributed by atoms with van der Waals surface area (Å²) < 4.78 is 0. The van der Waals surface area contributed by atoms with Crippen molar-refractivity contribution in [1.82, 2.24) is 15.5 Å². The molecule has 1 amide bonds. The third-order valence-corrected chi connectivity index (χ3v) is 4.18. The minimum Gasteiger partial charge on any atom is -0.396 e. The molecule has 1 aliphatic rings. The number of anilines is 1. The fourth-order valence-electron chi connectivity index (χ4n) is 2.84. The zero-order valence-corrected chi connectivity index (χ0v) is 12.0. The molecule has 5 nitrogen and oxygen atoms in total. The van der Waals surface area contributed by atoms with Gasteiger partial charge in [-0.05, 0) is 37.0 Å². The number of hydrogen-bond donors (Lipinski definition) is 3. The number of aromatic amines is 1. The van der Waals surface area contributed by atoms with Gasteiger partial charge >= 0.3 is 0 Å². The highest BCUT2D eigenvalue weighted by molar-refractivity contribution is 5.97. The van der Waals surface area contributed by atoms with Gasteiger partial charge in [-0.1, -0.05) is 20.8 Å². The van der Waals surface area contributed by atoms with Gasteiger partial charge in [0.25, 0.3) is 5.91 Å². The summed E-state index contributed by atoms with van der Waals surface area (Å²) in [7, 11) is 0. The van der Waals surface area contributed by atoms with E-state index in [1.807, 2.05) is 0 Å². The van der Waals surface area contributed by atoms with Crippen LogP contribution < -0.4 is 11.1 Å². The molecule has 0 bridgehead atoms. The first-order chi connectivity index (χ1) is 8.88. The summed E-state index contributed by atoms with van der Waals surface area (Å²) >= 11 is 0. The summed E-state index contributed by atoms with van der Waals surface area (Å²) in [4.78, 5) is 12.0. The largest absolute Gasteiger partial charge is 0.396 e. The van der Waals surface area contributed by atoms with E-state index in [0.717, 1.165) is 18.8 Å². The van der Waals surface area contributed by atoms with E-state index in [4.69, 9.17) is 5.73 Å². The molecule has 1 heterocycles. The Balaban J connectivity index is 1.86. The lowest BCUT2D eigenvalue weighted by Gasteiger charge is -2.37. The topological polar surface area (TPSA) is 83.8 Å². The van der Waals surface area contributed by atoms with E-state index >= 15 is 0 Å². The van der Waals surface area contributed by atoms with E-state index in [1.54, 1.807) is 0 Å². The molecule has 0 radical (unpaired) electrons. The van der Waals surface area contributed by atoms with Gasteiger partial charge < -0.3 is 11.1 Å². The van der Waals surface area contributed by atoms with Crippen LogP contribution in [0.25, 0.3) is 0 Å². The van der Waals surface area contributed by atoms with E-state index in [-0.39, 0.29) is 11.9 Å². The number of nitrogens with two attached hydrogens (primary N) is 1. The normalized spacial score (nSPS) is 24.2. The molecule has 1 saturated carbocycles. The molecule has 1 aromatic rings. The number of nitrogens with one attached hydrogen (secondary N) is 2. The second-order valence-electron chi connectivity index (χ2n) is 6.59. The molecule has 19 heavy (non-hydrogen) atoms. The van der Waals surface area contributed by atoms with Crippen molar-refractivity contribution in [3.05, 3.63) is 11.9 Å². The molecule has 0 aromatic carbocycles. The minimum absolute atomic E-state index is 0.144. The van der Waals surface area contributed by atoms with Crippen molar-refractivity contribution in [2.45, 2.75) is 52.5 Å². The quantitative estimate of drug-likeness (QED) is 0.766. The fraction of sp³-hybridized carbons (Fsp3) is 0.714. The van der Waals surface area contributed by atoms with Gasteiger partial charge in [0, 0.05) is 6.04 Å². The maximum Gasteiger partial charge on any atom is 0.271 e. The lowest BCUT2D eigenvalue weighted by Crippen LogP contribution is -2.39. The van der Waals surface area contributed by atoms with E-state index in [1.165, 1.54) is 19.0 Å². The van der Waals surface area contributed by atoms with Crippen molar-refractivity contribution < 1.29 is 4.79 Å². The Morgan fingerprint density at radius 2 is 2.00 bits per heavy atom. The van der Waals surface area contributed by atoms with Crippen LogP contribution in [0.3, 0.4) is 0 Å². The summed E-state index contributed by atoms with van der Waals surface area (Å²) in [6.07, 6.45) is 5.90. The number of carbonyl (C=O) groups excluding carboxylic acids is 1. The molecular formula is C14H24N4O. The molecule has 0 atom stereocenters. The van der Waals surface area contributed by atoms with Crippen LogP contribution in [0.2, 0.25) is 0 Å². The van der Waals surface area contributed by atoms with Crippen molar-refractivity contribution in [1.29, 1.82) is 0 Å². The maximum atomic E-state index is 12.0. The SMILES string of the molecule is CC(C)(C)C1CCC(NC(=O)c2[nH]ncc2N)CC1. The Kier molecular flexibility index (Phi) is 3.83. The average Bonchev–Trinajstić information content (AvgIpc) is 2.75. The molecule has 1 aliphatic carbocycles. The molecule has 0 spiro atoms. The van der Waals surface area contributed by atoms with Crippen LogP contribution in [-0.4, -0.2) is 22.1 Å². The first kappa shape index (κ1) is 13.9. The van der Waals surface area contributed by atoms with Gasteiger partial charge in [-0.3, -0.25) is 9.89 Å². The number of hydrogen-bond acceptors (Lipinski definition) is 3. The number of rotatable bonds is 2. The molecule has 1 fully saturated rings. The van der Waals surface area contributed by atoms with E-state index in [2.05, 4.69) is 36.3 Å². The first-order valence-corrected chi connectivity index (χ1v) is 6.97. The summed E-state index contributed by atoms with van der Waals surface area (Å²) in [6, 6.07) is 0.258. The second-order valence-corrected chi connectivity index (χ2v) is 6.59. The van der Waals surface area contributed by atoms with Crippen LogP contribution in [0.5, 0.6) is 0 Å². The molecule has 2 rings (SSSR count). The predicted octanol–water partition coefficient (Wildman–Crippen LogP) is 2.33. The Hall–Kier alpha value is -1.52. The third kappa shape index (κ3) is 3.28. The highest BCUT2D eigenvalue weighted by Crippen LogP contribution is 2.37. The van der Waals surface area contributed by atoms with E-state index < -0.39 is 0 Å². The van der Waals surface area contributed by atoms with Crippen molar-refractivity contribution in [3.63, 3.8) is 0 Å². The van der Waals surface area contributed by atoms with E-state index in [0.29, 0.717) is 16.8 Å². The molecule has 5 heteroatoms. The van der Waals surface area contributed by atoms with Gasteiger partial charge in [0.1, 0.15) is 5.69 Å². The summed E-state index contributed by atoms with van der Waals surface area (Å²) in [6.45, 7) is 6.88. The number of H-pyrrole nitrogens is 1.